The first kappa shape index (κ1) is 18.9. The van der Waals surface area contributed by atoms with Gasteiger partial charge >= 0.3 is 0 Å². The number of primary amides is 1. The van der Waals surface area contributed by atoms with Crippen molar-refractivity contribution in [3.63, 3.8) is 0 Å². The summed E-state index contributed by atoms with van der Waals surface area (Å²) in [6.07, 6.45) is 0.196. The number of hydrogen-bond acceptors (Lipinski definition) is 5. The summed E-state index contributed by atoms with van der Waals surface area (Å²) in [6, 6.07) is 14.9. The van der Waals surface area contributed by atoms with E-state index in [1.165, 1.54) is 17.1 Å². The first-order chi connectivity index (χ1) is 14.0. The highest BCUT2D eigenvalue weighted by atomic mass is 19.1. The molecule has 0 aromatic heterocycles. The minimum absolute atomic E-state index is 0.173. The van der Waals surface area contributed by atoms with E-state index in [0.29, 0.717) is 31.9 Å². The molecule has 2 amide bonds. The molecule has 0 aliphatic carbocycles. The second-order valence-corrected chi connectivity index (χ2v) is 7.10. The topological polar surface area (TPSA) is 82.2 Å². The number of amides is 2. The molecule has 1 unspecified atom stereocenters. The number of para-hydroxylation sites is 1. The van der Waals surface area contributed by atoms with Gasteiger partial charge in [-0.25, -0.2) is 4.39 Å². The average Bonchev–Trinajstić information content (AvgIpc) is 3.20. The van der Waals surface area contributed by atoms with Gasteiger partial charge in [0, 0.05) is 38.3 Å². The Morgan fingerprint density at radius 3 is 2.21 bits per heavy atom. The number of piperazine rings is 1. The lowest BCUT2D eigenvalue weighted by molar-refractivity contribution is -0.124. The number of hydrogen-bond donors (Lipinski definition) is 1. The van der Waals surface area contributed by atoms with Crippen LogP contribution in [0, 0.1) is 5.82 Å². The van der Waals surface area contributed by atoms with Crippen molar-refractivity contribution in [1.82, 2.24) is 4.90 Å². The van der Waals surface area contributed by atoms with Crippen molar-refractivity contribution >= 4 is 28.9 Å². The second-order valence-electron chi connectivity index (χ2n) is 7.10. The Bertz CT molecular complexity index is 924. The maximum atomic E-state index is 13.1. The van der Waals surface area contributed by atoms with Crippen LogP contribution in [0.1, 0.15) is 6.42 Å². The zero-order valence-corrected chi connectivity index (χ0v) is 15.9. The summed E-state index contributed by atoms with van der Waals surface area (Å²) in [5.74, 6) is -0.955. The molecule has 0 spiro atoms. The highest BCUT2D eigenvalue weighted by Gasteiger charge is 2.37. The van der Waals surface area contributed by atoms with Crippen LogP contribution in [0.4, 0.5) is 15.8 Å². The van der Waals surface area contributed by atoms with E-state index in [4.69, 9.17) is 5.73 Å². The van der Waals surface area contributed by atoms with Crippen molar-refractivity contribution in [1.29, 1.82) is 0 Å². The maximum absolute atomic E-state index is 13.1. The van der Waals surface area contributed by atoms with Crippen molar-refractivity contribution < 1.29 is 14.0 Å². The minimum Gasteiger partial charge on any atom is -0.368 e. The number of carbonyl (C=O) groups excluding carboxylic acids is 2. The molecular formula is C21H22FN5O2. The summed E-state index contributed by atoms with van der Waals surface area (Å²) in [4.78, 5) is 28.7. The van der Waals surface area contributed by atoms with Crippen molar-refractivity contribution in [2.24, 2.45) is 10.8 Å². The van der Waals surface area contributed by atoms with Gasteiger partial charge in [-0.3, -0.25) is 14.6 Å². The van der Waals surface area contributed by atoms with Crippen LogP contribution < -0.4 is 15.6 Å². The van der Waals surface area contributed by atoms with Crippen LogP contribution in [-0.4, -0.2) is 54.6 Å². The predicted molar refractivity (Wildman–Crippen MR) is 109 cm³/mol. The Hall–Kier alpha value is -3.42. The number of nitrogens with zero attached hydrogens (tertiary/aromatic N) is 4. The van der Waals surface area contributed by atoms with Crippen molar-refractivity contribution in [2.45, 2.75) is 12.5 Å². The molecule has 1 fully saturated rings. The first-order valence-electron chi connectivity index (χ1n) is 9.54. The molecule has 2 aromatic carbocycles. The molecule has 29 heavy (non-hydrogen) atoms. The Morgan fingerprint density at radius 1 is 0.931 bits per heavy atom. The molecule has 2 N–H and O–H groups in total. The van der Waals surface area contributed by atoms with Crippen molar-refractivity contribution in [2.75, 3.05) is 36.1 Å². The van der Waals surface area contributed by atoms with Gasteiger partial charge in [0.25, 0.3) is 5.91 Å². The third-order valence-electron chi connectivity index (χ3n) is 5.27. The maximum Gasteiger partial charge on any atom is 0.270 e. The van der Waals surface area contributed by atoms with E-state index >= 15 is 0 Å². The van der Waals surface area contributed by atoms with E-state index in [1.54, 1.807) is 17.0 Å². The molecule has 2 aliphatic heterocycles. The molecule has 2 aromatic rings. The predicted octanol–water partition coefficient (Wildman–Crippen LogP) is 1.59. The number of rotatable bonds is 4. The summed E-state index contributed by atoms with van der Waals surface area (Å²) >= 11 is 0. The van der Waals surface area contributed by atoms with Gasteiger partial charge in [-0.15, -0.1) is 0 Å². The molecule has 4 rings (SSSR count). The molecule has 0 saturated carbocycles. The van der Waals surface area contributed by atoms with E-state index in [1.807, 2.05) is 30.3 Å². The fourth-order valence-corrected chi connectivity index (χ4v) is 3.68. The number of halogens is 1. The summed E-state index contributed by atoms with van der Waals surface area (Å²) in [5, 5.41) is 5.96. The third kappa shape index (κ3) is 3.91. The zero-order chi connectivity index (χ0) is 20.4. The fraction of sp³-hybridized carbons (Fsp3) is 0.286. The van der Waals surface area contributed by atoms with Crippen LogP contribution in [0.5, 0.6) is 0 Å². The van der Waals surface area contributed by atoms with E-state index < -0.39 is 11.9 Å². The molecule has 2 heterocycles. The molecule has 1 saturated heterocycles. The van der Waals surface area contributed by atoms with E-state index in [-0.39, 0.29) is 18.1 Å². The van der Waals surface area contributed by atoms with Gasteiger partial charge < -0.3 is 15.5 Å². The van der Waals surface area contributed by atoms with Crippen LogP contribution in [0.3, 0.4) is 0 Å². The monoisotopic (exact) mass is 395 g/mol. The standard InChI is InChI=1S/C21H22FN5O2/c22-15-6-8-16(9-7-15)25-10-12-26(13-11-25)21(29)18-14-19(20(23)28)27(24-18)17-4-2-1-3-5-17/h1-9,19H,10-14H2,(H2,23,28). The van der Waals surface area contributed by atoms with Gasteiger partial charge in [-0.2, -0.15) is 5.10 Å². The molecule has 0 radical (unpaired) electrons. The van der Waals surface area contributed by atoms with E-state index in [0.717, 1.165) is 11.4 Å². The van der Waals surface area contributed by atoms with Crippen LogP contribution in [-0.2, 0) is 9.59 Å². The summed E-state index contributed by atoms with van der Waals surface area (Å²) < 4.78 is 13.1. The Morgan fingerprint density at radius 2 is 1.59 bits per heavy atom. The summed E-state index contributed by atoms with van der Waals surface area (Å²) in [6.45, 7) is 2.35. The minimum atomic E-state index is -0.670. The number of benzene rings is 2. The molecule has 8 heteroatoms. The van der Waals surface area contributed by atoms with Crippen molar-refractivity contribution in [3.05, 3.63) is 60.4 Å². The quantitative estimate of drug-likeness (QED) is 0.853. The smallest absolute Gasteiger partial charge is 0.270 e. The van der Waals surface area contributed by atoms with Gasteiger partial charge in [-0.05, 0) is 36.4 Å². The molecule has 0 bridgehead atoms. The van der Waals surface area contributed by atoms with Gasteiger partial charge in [0.05, 0.1) is 5.69 Å². The molecular weight excluding hydrogens is 373 g/mol. The van der Waals surface area contributed by atoms with Crippen LogP contribution in [0.25, 0.3) is 0 Å². The second kappa shape index (κ2) is 7.90. The zero-order valence-electron chi connectivity index (χ0n) is 15.9. The van der Waals surface area contributed by atoms with E-state index in [9.17, 15) is 14.0 Å². The normalized spacial score (nSPS) is 19.3. The highest BCUT2D eigenvalue weighted by molar-refractivity contribution is 6.40. The number of anilines is 2. The largest absolute Gasteiger partial charge is 0.368 e. The Labute approximate surface area is 168 Å². The van der Waals surface area contributed by atoms with Gasteiger partial charge in [0.1, 0.15) is 17.6 Å². The van der Waals surface area contributed by atoms with Gasteiger partial charge in [0.2, 0.25) is 5.91 Å². The van der Waals surface area contributed by atoms with Crippen LogP contribution in [0.15, 0.2) is 59.7 Å². The fourth-order valence-electron chi connectivity index (χ4n) is 3.68. The SMILES string of the molecule is NC(=O)C1CC(C(=O)N2CCN(c3ccc(F)cc3)CC2)=NN1c1ccccc1. The lowest BCUT2D eigenvalue weighted by Crippen LogP contribution is -2.50. The number of hydrazone groups is 1. The summed E-state index contributed by atoms with van der Waals surface area (Å²) in [5.41, 5.74) is 7.54. The number of carbonyl (C=O) groups is 2. The first-order valence-corrected chi connectivity index (χ1v) is 9.54. The lowest BCUT2D eigenvalue weighted by Gasteiger charge is -2.36. The van der Waals surface area contributed by atoms with Crippen LogP contribution >= 0.6 is 0 Å². The van der Waals surface area contributed by atoms with E-state index in [2.05, 4.69) is 10.0 Å². The summed E-state index contributed by atoms with van der Waals surface area (Å²) in [7, 11) is 0. The Kier molecular flexibility index (Phi) is 5.16. The van der Waals surface area contributed by atoms with Gasteiger partial charge in [0.15, 0.2) is 0 Å². The average molecular weight is 395 g/mol. The lowest BCUT2D eigenvalue weighted by atomic mass is 10.1. The third-order valence-corrected chi connectivity index (χ3v) is 5.27. The highest BCUT2D eigenvalue weighted by Crippen LogP contribution is 2.25. The van der Waals surface area contributed by atoms with Gasteiger partial charge in [-0.1, -0.05) is 18.2 Å². The van der Waals surface area contributed by atoms with Crippen LogP contribution in [0.2, 0.25) is 0 Å². The molecule has 7 nitrogen and oxygen atoms in total. The molecule has 2 aliphatic rings. The number of nitrogens with two attached hydrogens (primary N) is 1. The molecule has 150 valence electrons. The Balaban J connectivity index is 1.44. The van der Waals surface area contributed by atoms with Crippen molar-refractivity contribution in [3.8, 4) is 0 Å². The molecule has 1 atom stereocenters.